The van der Waals surface area contributed by atoms with Crippen molar-refractivity contribution in [2.75, 3.05) is 19.8 Å². The van der Waals surface area contributed by atoms with Gasteiger partial charge in [0.2, 0.25) is 5.78 Å². The first-order valence-electron chi connectivity index (χ1n) is 8.60. The van der Waals surface area contributed by atoms with Gasteiger partial charge < -0.3 is 14.7 Å². The van der Waals surface area contributed by atoms with Gasteiger partial charge in [0.25, 0.3) is 5.91 Å². The molecule has 0 radical (unpaired) electrons. The SMILES string of the molecule is CCOCCCN1C(=O)C(O)=C(C(=O)c2cccs2)[C@@H]1c1ccccc1. The minimum atomic E-state index is -0.583. The number of hydrogen-bond donors (Lipinski definition) is 1. The van der Waals surface area contributed by atoms with Crippen LogP contribution >= 0.6 is 11.3 Å². The molecule has 2 heterocycles. The highest BCUT2D eigenvalue weighted by molar-refractivity contribution is 7.12. The molecule has 136 valence electrons. The van der Waals surface area contributed by atoms with E-state index in [-0.39, 0.29) is 11.4 Å². The maximum Gasteiger partial charge on any atom is 0.290 e. The predicted octanol–water partition coefficient (Wildman–Crippen LogP) is 3.75. The fourth-order valence-electron chi connectivity index (χ4n) is 3.12. The molecule has 26 heavy (non-hydrogen) atoms. The van der Waals surface area contributed by atoms with E-state index in [1.807, 2.05) is 37.3 Å². The summed E-state index contributed by atoms with van der Waals surface area (Å²) < 4.78 is 5.35. The van der Waals surface area contributed by atoms with Gasteiger partial charge in [-0.3, -0.25) is 9.59 Å². The minimum absolute atomic E-state index is 0.153. The van der Waals surface area contributed by atoms with E-state index >= 15 is 0 Å². The van der Waals surface area contributed by atoms with Gasteiger partial charge in [0.1, 0.15) is 0 Å². The van der Waals surface area contributed by atoms with Crippen LogP contribution in [-0.4, -0.2) is 41.5 Å². The third-order valence-corrected chi connectivity index (χ3v) is 5.17. The molecule has 6 heteroatoms. The molecule has 0 aliphatic carbocycles. The molecule has 5 nitrogen and oxygen atoms in total. The highest BCUT2D eigenvalue weighted by atomic mass is 32.1. The molecule has 1 aliphatic heterocycles. The first-order chi connectivity index (χ1) is 12.6. The van der Waals surface area contributed by atoms with Crippen molar-refractivity contribution in [1.29, 1.82) is 0 Å². The number of aliphatic hydroxyl groups excluding tert-OH is 1. The van der Waals surface area contributed by atoms with Crippen molar-refractivity contribution < 1.29 is 19.4 Å². The van der Waals surface area contributed by atoms with Crippen LogP contribution in [-0.2, 0) is 9.53 Å². The Morgan fingerprint density at radius 3 is 2.65 bits per heavy atom. The summed E-state index contributed by atoms with van der Waals surface area (Å²) in [6, 6.07) is 12.2. The molecule has 0 bridgehead atoms. The Bertz CT molecular complexity index is 798. The number of hydrogen-bond acceptors (Lipinski definition) is 5. The second kappa shape index (κ2) is 8.29. The van der Waals surface area contributed by atoms with Crippen molar-refractivity contribution in [1.82, 2.24) is 4.90 Å². The van der Waals surface area contributed by atoms with E-state index < -0.39 is 17.7 Å². The average Bonchev–Trinajstić information content (AvgIpc) is 3.28. The Morgan fingerprint density at radius 1 is 1.23 bits per heavy atom. The van der Waals surface area contributed by atoms with E-state index in [2.05, 4.69) is 0 Å². The molecular formula is C20H21NO4S. The highest BCUT2D eigenvalue weighted by Crippen LogP contribution is 2.39. The summed E-state index contributed by atoms with van der Waals surface area (Å²) in [5.74, 6) is -1.25. The second-order valence-electron chi connectivity index (χ2n) is 5.93. The number of Topliss-reactive ketones (excluding diaryl/α,β-unsaturated/α-hetero) is 1. The number of amides is 1. The van der Waals surface area contributed by atoms with E-state index in [4.69, 9.17) is 4.74 Å². The largest absolute Gasteiger partial charge is 0.503 e. The van der Waals surface area contributed by atoms with Crippen molar-refractivity contribution in [2.24, 2.45) is 0 Å². The molecule has 1 aromatic heterocycles. The van der Waals surface area contributed by atoms with Crippen LogP contribution in [0.2, 0.25) is 0 Å². The molecule has 1 N–H and O–H groups in total. The van der Waals surface area contributed by atoms with Gasteiger partial charge in [-0.2, -0.15) is 0 Å². The molecule has 3 rings (SSSR count). The number of rotatable bonds is 8. The molecule has 1 aliphatic rings. The third kappa shape index (κ3) is 3.57. The number of ketones is 1. The lowest BCUT2D eigenvalue weighted by Crippen LogP contribution is -2.32. The van der Waals surface area contributed by atoms with Gasteiger partial charge in [-0.1, -0.05) is 36.4 Å². The maximum absolute atomic E-state index is 13.0. The number of carbonyl (C=O) groups excluding carboxylic acids is 2. The number of nitrogens with zero attached hydrogens (tertiary/aromatic N) is 1. The van der Waals surface area contributed by atoms with Crippen LogP contribution in [0.25, 0.3) is 0 Å². The van der Waals surface area contributed by atoms with Crippen molar-refractivity contribution >= 4 is 23.0 Å². The Balaban J connectivity index is 1.95. The molecule has 0 saturated carbocycles. The van der Waals surface area contributed by atoms with Crippen LogP contribution in [0.1, 0.15) is 34.6 Å². The van der Waals surface area contributed by atoms with Crippen LogP contribution in [0.3, 0.4) is 0 Å². The zero-order valence-corrected chi connectivity index (χ0v) is 15.4. The normalized spacial score (nSPS) is 17.2. The fourth-order valence-corrected chi connectivity index (χ4v) is 3.80. The van der Waals surface area contributed by atoms with Crippen LogP contribution in [0.5, 0.6) is 0 Å². The van der Waals surface area contributed by atoms with Crippen LogP contribution in [0, 0.1) is 0 Å². The van der Waals surface area contributed by atoms with E-state index in [9.17, 15) is 14.7 Å². The van der Waals surface area contributed by atoms with Crippen molar-refractivity contribution in [3.63, 3.8) is 0 Å². The van der Waals surface area contributed by atoms with Crippen molar-refractivity contribution in [3.05, 3.63) is 69.6 Å². The zero-order valence-electron chi connectivity index (χ0n) is 14.6. The molecular weight excluding hydrogens is 350 g/mol. The third-order valence-electron chi connectivity index (χ3n) is 4.30. The number of aliphatic hydroxyl groups is 1. The predicted molar refractivity (Wildman–Crippen MR) is 100 cm³/mol. The first kappa shape index (κ1) is 18.4. The molecule has 0 spiro atoms. The lowest BCUT2D eigenvalue weighted by molar-refractivity contribution is -0.129. The Kier molecular flexibility index (Phi) is 5.85. The molecule has 1 atom stereocenters. The van der Waals surface area contributed by atoms with E-state index in [1.165, 1.54) is 11.3 Å². The summed E-state index contributed by atoms with van der Waals surface area (Å²) in [6.07, 6.45) is 0.636. The van der Waals surface area contributed by atoms with Crippen molar-refractivity contribution in [2.45, 2.75) is 19.4 Å². The fraction of sp³-hybridized carbons (Fsp3) is 0.300. The summed E-state index contributed by atoms with van der Waals surface area (Å²) in [4.78, 5) is 27.7. The lowest BCUT2D eigenvalue weighted by Gasteiger charge is -2.26. The standard InChI is InChI=1S/C20H21NO4S/c1-2-25-12-7-11-21-17(14-8-4-3-5-9-14)16(19(23)20(21)24)18(22)15-10-6-13-26-15/h3-6,8-10,13,17,23H,2,7,11-12H2,1H3/t17-/m0/s1. The quantitative estimate of drug-likeness (QED) is 0.567. The Labute approximate surface area is 156 Å². The molecule has 0 saturated heterocycles. The summed E-state index contributed by atoms with van der Waals surface area (Å²) >= 11 is 1.30. The summed E-state index contributed by atoms with van der Waals surface area (Å²) in [5, 5.41) is 12.3. The molecule has 0 fully saturated rings. The number of thiophene rings is 1. The maximum atomic E-state index is 13.0. The Hall–Kier alpha value is -2.44. The van der Waals surface area contributed by atoms with Gasteiger partial charge in [0, 0.05) is 19.8 Å². The van der Waals surface area contributed by atoms with Gasteiger partial charge in [-0.25, -0.2) is 0 Å². The van der Waals surface area contributed by atoms with Crippen LogP contribution < -0.4 is 0 Å². The summed E-state index contributed by atoms with van der Waals surface area (Å²) in [5.41, 5.74) is 0.960. The molecule has 1 amide bonds. The highest BCUT2D eigenvalue weighted by Gasteiger charge is 2.43. The van der Waals surface area contributed by atoms with Gasteiger partial charge in [0.05, 0.1) is 16.5 Å². The molecule has 0 unspecified atom stereocenters. The summed E-state index contributed by atoms with van der Waals surface area (Å²) in [7, 11) is 0. The van der Waals surface area contributed by atoms with Gasteiger partial charge in [-0.05, 0) is 30.4 Å². The molecule has 2 aromatic rings. The topological polar surface area (TPSA) is 66.8 Å². The minimum Gasteiger partial charge on any atom is -0.503 e. The van der Waals surface area contributed by atoms with Gasteiger partial charge in [0.15, 0.2) is 5.76 Å². The van der Waals surface area contributed by atoms with E-state index in [0.717, 1.165) is 5.56 Å². The van der Waals surface area contributed by atoms with Gasteiger partial charge >= 0.3 is 0 Å². The van der Waals surface area contributed by atoms with E-state index in [1.54, 1.807) is 22.4 Å². The van der Waals surface area contributed by atoms with E-state index in [0.29, 0.717) is 31.1 Å². The van der Waals surface area contributed by atoms with Crippen molar-refractivity contribution in [3.8, 4) is 0 Å². The average molecular weight is 371 g/mol. The Morgan fingerprint density at radius 2 is 2.00 bits per heavy atom. The lowest BCUT2D eigenvalue weighted by atomic mass is 9.95. The van der Waals surface area contributed by atoms with Gasteiger partial charge in [-0.15, -0.1) is 11.3 Å². The number of carbonyl (C=O) groups is 2. The summed E-state index contributed by atoms with van der Waals surface area (Å²) in [6.45, 7) is 3.46. The zero-order chi connectivity index (χ0) is 18.5. The monoisotopic (exact) mass is 371 g/mol. The number of benzene rings is 1. The van der Waals surface area contributed by atoms with Crippen LogP contribution in [0.15, 0.2) is 59.2 Å². The second-order valence-corrected chi connectivity index (χ2v) is 6.88. The van der Waals surface area contributed by atoms with Crippen LogP contribution in [0.4, 0.5) is 0 Å². The first-order valence-corrected chi connectivity index (χ1v) is 9.48. The molecule has 1 aromatic carbocycles. The number of ether oxygens (including phenoxy) is 1. The smallest absolute Gasteiger partial charge is 0.290 e.